The van der Waals surface area contributed by atoms with Crippen molar-refractivity contribution in [3.63, 3.8) is 0 Å². The van der Waals surface area contributed by atoms with Gasteiger partial charge < -0.3 is 10.6 Å². The number of thiophene rings is 1. The lowest BCUT2D eigenvalue weighted by Gasteiger charge is -2.23. The predicted octanol–water partition coefficient (Wildman–Crippen LogP) is 0.923. The number of hydrogen-bond donors (Lipinski definition) is 2. The number of rotatable bonds is 2. The molecule has 84 valence electrons. The highest BCUT2D eigenvalue weighted by Gasteiger charge is 2.19. The maximum absolute atomic E-state index is 11.7. The fourth-order valence-electron chi connectivity index (χ4n) is 1.43. The summed E-state index contributed by atoms with van der Waals surface area (Å²) < 4.78 is 0. The fraction of sp³-hybridized carbons (Fsp3) is 0.273. The maximum Gasteiger partial charge on any atom is 0.267 e. The summed E-state index contributed by atoms with van der Waals surface area (Å²) in [5.41, 5.74) is 0.344. The normalized spacial score (nSPS) is 22.7. The summed E-state index contributed by atoms with van der Waals surface area (Å²) in [6.45, 7) is 2.55. The van der Waals surface area contributed by atoms with Gasteiger partial charge in [0.05, 0.1) is 4.88 Å². The fourth-order valence-corrected chi connectivity index (χ4v) is 2.07. The first-order valence-corrected chi connectivity index (χ1v) is 5.89. The van der Waals surface area contributed by atoms with Gasteiger partial charge in [0.25, 0.3) is 5.91 Å². The van der Waals surface area contributed by atoms with Gasteiger partial charge in [0.2, 0.25) is 0 Å². The molecule has 0 unspecified atom stereocenters. The lowest BCUT2D eigenvalue weighted by Crippen LogP contribution is -2.49. The molecule has 0 spiro atoms. The Balaban J connectivity index is 2.13. The lowest BCUT2D eigenvalue weighted by atomic mass is 10.2. The van der Waals surface area contributed by atoms with Crippen LogP contribution >= 0.6 is 11.3 Å². The van der Waals surface area contributed by atoms with Crippen LogP contribution < -0.4 is 10.6 Å². The van der Waals surface area contributed by atoms with E-state index in [-0.39, 0.29) is 17.7 Å². The SMILES string of the molecule is C[C@@H]1CN/C(=C/C(=O)c2cccs2)C(=O)N1. The second-order valence-electron chi connectivity index (χ2n) is 3.65. The number of hydrogen-bond acceptors (Lipinski definition) is 4. The minimum absolute atomic E-state index is 0.0986. The zero-order valence-corrected chi connectivity index (χ0v) is 9.64. The predicted molar refractivity (Wildman–Crippen MR) is 62.3 cm³/mol. The molecule has 0 radical (unpaired) electrons. The van der Waals surface area contributed by atoms with E-state index < -0.39 is 0 Å². The van der Waals surface area contributed by atoms with Gasteiger partial charge in [0, 0.05) is 18.7 Å². The zero-order chi connectivity index (χ0) is 11.5. The summed E-state index contributed by atoms with van der Waals surface area (Å²) in [6.07, 6.45) is 1.35. The van der Waals surface area contributed by atoms with Crippen molar-refractivity contribution in [3.8, 4) is 0 Å². The van der Waals surface area contributed by atoms with Crippen LogP contribution in [0.1, 0.15) is 16.6 Å². The van der Waals surface area contributed by atoms with E-state index in [0.717, 1.165) is 0 Å². The molecule has 2 rings (SSSR count). The molecule has 0 bridgehead atoms. The molecule has 2 heterocycles. The number of ketones is 1. The van der Waals surface area contributed by atoms with E-state index in [2.05, 4.69) is 10.6 Å². The van der Waals surface area contributed by atoms with Gasteiger partial charge in [-0.25, -0.2) is 0 Å². The first-order valence-electron chi connectivity index (χ1n) is 5.01. The van der Waals surface area contributed by atoms with Crippen LogP contribution in [-0.4, -0.2) is 24.3 Å². The Morgan fingerprint density at radius 1 is 1.62 bits per heavy atom. The summed E-state index contributed by atoms with van der Waals surface area (Å²) in [7, 11) is 0. The van der Waals surface area contributed by atoms with E-state index in [9.17, 15) is 9.59 Å². The van der Waals surface area contributed by atoms with E-state index in [0.29, 0.717) is 17.1 Å². The molecule has 4 nitrogen and oxygen atoms in total. The molecule has 0 saturated carbocycles. The van der Waals surface area contributed by atoms with Crippen LogP contribution in [0.15, 0.2) is 29.3 Å². The number of allylic oxidation sites excluding steroid dienone is 1. The molecule has 2 N–H and O–H groups in total. The average Bonchev–Trinajstić information content (AvgIpc) is 2.75. The highest BCUT2D eigenvalue weighted by atomic mass is 32.1. The highest BCUT2D eigenvalue weighted by molar-refractivity contribution is 7.12. The van der Waals surface area contributed by atoms with Crippen LogP contribution in [0.3, 0.4) is 0 Å². The molecule has 16 heavy (non-hydrogen) atoms. The Morgan fingerprint density at radius 3 is 3.06 bits per heavy atom. The molecule has 1 amide bonds. The number of carbonyl (C=O) groups is 2. The molecular weight excluding hydrogens is 224 g/mol. The van der Waals surface area contributed by atoms with Crippen molar-refractivity contribution >= 4 is 23.0 Å². The first-order chi connectivity index (χ1) is 7.66. The van der Waals surface area contributed by atoms with Crippen molar-refractivity contribution in [2.24, 2.45) is 0 Å². The summed E-state index contributed by atoms with van der Waals surface area (Å²) in [5, 5.41) is 7.54. The Bertz CT molecular complexity index is 437. The number of nitrogens with one attached hydrogen (secondary N) is 2. The standard InChI is InChI=1S/C11H12N2O2S/c1-7-6-12-8(11(15)13-7)5-9(14)10-3-2-4-16-10/h2-5,7,12H,6H2,1H3,(H,13,15)/b8-5+/t7-/m1/s1. The van der Waals surface area contributed by atoms with Gasteiger partial charge in [-0.1, -0.05) is 6.07 Å². The van der Waals surface area contributed by atoms with Gasteiger partial charge in [0.15, 0.2) is 5.78 Å². The van der Waals surface area contributed by atoms with Gasteiger partial charge in [-0.05, 0) is 18.4 Å². The van der Waals surface area contributed by atoms with Crippen LogP contribution in [0.4, 0.5) is 0 Å². The van der Waals surface area contributed by atoms with Gasteiger partial charge in [-0.15, -0.1) is 11.3 Å². The first kappa shape index (κ1) is 10.9. The average molecular weight is 236 g/mol. The van der Waals surface area contributed by atoms with Crippen LogP contribution in [0.25, 0.3) is 0 Å². The largest absolute Gasteiger partial charge is 0.378 e. The summed E-state index contributed by atoms with van der Waals surface area (Å²) >= 11 is 1.37. The van der Waals surface area contributed by atoms with Gasteiger partial charge in [0.1, 0.15) is 5.70 Å². The lowest BCUT2D eigenvalue weighted by molar-refractivity contribution is -0.119. The molecule has 0 aromatic carbocycles. The molecule has 1 saturated heterocycles. The molecule has 1 atom stereocenters. The molecule has 1 fully saturated rings. The van der Waals surface area contributed by atoms with Gasteiger partial charge >= 0.3 is 0 Å². The van der Waals surface area contributed by atoms with Gasteiger partial charge in [-0.2, -0.15) is 0 Å². The van der Waals surface area contributed by atoms with E-state index >= 15 is 0 Å². The molecule has 1 aromatic heterocycles. The van der Waals surface area contributed by atoms with Gasteiger partial charge in [-0.3, -0.25) is 9.59 Å². The number of amides is 1. The second-order valence-corrected chi connectivity index (χ2v) is 4.60. The van der Waals surface area contributed by atoms with E-state index in [1.54, 1.807) is 6.07 Å². The Hall–Kier alpha value is -1.62. The third-order valence-corrected chi connectivity index (χ3v) is 3.14. The molecule has 5 heteroatoms. The van der Waals surface area contributed by atoms with Crippen LogP contribution in [0, 0.1) is 0 Å². The topological polar surface area (TPSA) is 58.2 Å². The summed E-state index contributed by atoms with van der Waals surface area (Å²) in [6, 6.07) is 3.65. The smallest absolute Gasteiger partial charge is 0.267 e. The number of piperazine rings is 1. The monoisotopic (exact) mass is 236 g/mol. The second kappa shape index (κ2) is 4.49. The summed E-state index contributed by atoms with van der Waals surface area (Å²) in [5.74, 6) is -0.356. The molecule has 1 aliphatic rings. The van der Waals surface area contributed by atoms with Crippen molar-refractivity contribution in [1.82, 2.24) is 10.6 Å². The van der Waals surface area contributed by atoms with E-state index in [4.69, 9.17) is 0 Å². The van der Waals surface area contributed by atoms with Crippen molar-refractivity contribution in [2.75, 3.05) is 6.54 Å². The Kier molecular flexibility index (Phi) is 3.05. The van der Waals surface area contributed by atoms with Crippen molar-refractivity contribution in [3.05, 3.63) is 34.2 Å². The van der Waals surface area contributed by atoms with Crippen molar-refractivity contribution in [2.45, 2.75) is 13.0 Å². The third kappa shape index (κ3) is 2.30. The van der Waals surface area contributed by atoms with E-state index in [1.165, 1.54) is 17.4 Å². The summed E-state index contributed by atoms with van der Waals surface area (Å²) in [4.78, 5) is 23.9. The zero-order valence-electron chi connectivity index (χ0n) is 8.82. The quantitative estimate of drug-likeness (QED) is 0.593. The van der Waals surface area contributed by atoms with Crippen molar-refractivity contribution in [1.29, 1.82) is 0 Å². The minimum atomic E-state index is -0.219. The van der Waals surface area contributed by atoms with E-state index in [1.807, 2.05) is 18.4 Å². The van der Waals surface area contributed by atoms with Crippen LogP contribution in [-0.2, 0) is 4.79 Å². The third-order valence-electron chi connectivity index (χ3n) is 2.26. The maximum atomic E-state index is 11.7. The Morgan fingerprint density at radius 2 is 2.44 bits per heavy atom. The van der Waals surface area contributed by atoms with Crippen LogP contribution in [0.2, 0.25) is 0 Å². The van der Waals surface area contributed by atoms with Crippen LogP contribution in [0.5, 0.6) is 0 Å². The Labute approximate surface area is 97.4 Å². The minimum Gasteiger partial charge on any atom is -0.378 e. The molecular formula is C11H12N2O2S. The number of carbonyl (C=O) groups excluding carboxylic acids is 2. The highest BCUT2D eigenvalue weighted by Crippen LogP contribution is 2.11. The molecule has 1 aromatic rings. The van der Waals surface area contributed by atoms with Crippen molar-refractivity contribution < 1.29 is 9.59 Å². The molecule has 0 aliphatic carbocycles. The molecule has 1 aliphatic heterocycles.